The van der Waals surface area contributed by atoms with E-state index in [2.05, 4.69) is 0 Å². The third-order valence-electron chi connectivity index (χ3n) is 3.46. The number of halogens is 2. The van der Waals surface area contributed by atoms with Crippen LogP contribution < -0.4 is 0 Å². The van der Waals surface area contributed by atoms with Crippen molar-refractivity contribution in [3.8, 4) is 0 Å². The van der Waals surface area contributed by atoms with Crippen LogP contribution in [0.4, 0.5) is 13.6 Å². The average Bonchev–Trinajstić information content (AvgIpc) is 2.90. The van der Waals surface area contributed by atoms with E-state index >= 15 is 0 Å². The molecule has 1 atom stereocenters. The largest absolute Gasteiger partial charge is 0.444 e. The fourth-order valence-corrected chi connectivity index (χ4v) is 4.02. The summed E-state index contributed by atoms with van der Waals surface area (Å²) < 4.78 is 56.4. The van der Waals surface area contributed by atoms with Crippen LogP contribution in [0.25, 0.3) is 0 Å². The van der Waals surface area contributed by atoms with Crippen LogP contribution in [0.3, 0.4) is 0 Å². The third kappa shape index (κ3) is 3.99. The van der Waals surface area contributed by atoms with Crippen molar-refractivity contribution in [3.05, 3.63) is 29.8 Å². The first-order valence-corrected chi connectivity index (χ1v) is 8.72. The van der Waals surface area contributed by atoms with Crippen molar-refractivity contribution in [1.29, 1.82) is 0 Å². The molecule has 1 aliphatic rings. The second-order valence-corrected chi connectivity index (χ2v) is 8.69. The second kappa shape index (κ2) is 6.07. The molecule has 1 aromatic rings. The summed E-state index contributed by atoms with van der Waals surface area (Å²) in [6.45, 7) is 5.36. The Morgan fingerprint density at radius 3 is 2.48 bits per heavy atom. The molecular formula is C15H19F2NO4S. The molecule has 1 heterocycles. The lowest BCUT2D eigenvalue weighted by atomic mass is 10.2. The topological polar surface area (TPSA) is 63.7 Å². The number of rotatable bonds is 2. The molecule has 1 amide bonds. The molecule has 0 radical (unpaired) electrons. The van der Waals surface area contributed by atoms with Crippen LogP contribution in [0.1, 0.15) is 27.2 Å². The van der Waals surface area contributed by atoms with Crippen molar-refractivity contribution in [3.63, 3.8) is 0 Å². The molecule has 0 unspecified atom stereocenters. The van der Waals surface area contributed by atoms with E-state index in [4.69, 9.17) is 4.74 Å². The smallest absolute Gasteiger partial charge is 0.410 e. The molecule has 2 rings (SSSR count). The van der Waals surface area contributed by atoms with E-state index in [9.17, 15) is 22.0 Å². The maximum absolute atomic E-state index is 13.3. The first kappa shape index (κ1) is 17.7. The molecule has 0 aromatic heterocycles. The number of ether oxygens (including phenoxy) is 1. The van der Waals surface area contributed by atoms with Crippen molar-refractivity contribution < 1.29 is 26.7 Å². The molecule has 0 spiro atoms. The molecule has 0 saturated carbocycles. The summed E-state index contributed by atoms with van der Waals surface area (Å²) in [5.41, 5.74) is -0.672. The van der Waals surface area contributed by atoms with Gasteiger partial charge in [-0.2, -0.15) is 0 Å². The second-order valence-electron chi connectivity index (χ2n) is 6.46. The predicted molar refractivity (Wildman–Crippen MR) is 79.8 cm³/mol. The molecule has 1 aromatic carbocycles. The van der Waals surface area contributed by atoms with E-state index in [-0.39, 0.29) is 24.4 Å². The van der Waals surface area contributed by atoms with Crippen LogP contribution in [-0.2, 0) is 14.6 Å². The van der Waals surface area contributed by atoms with Gasteiger partial charge < -0.3 is 9.64 Å². The van der Waals surface area contributed by atoms with Crippen LogP contribution in [0.2, 0.25) is 0 Å². The van der Waals surface area contributed by atoms with Crippen LogP contribution in [0.15, 0.2) is 23.1 Å². The monoisotopic (exact) mass is 347 g/mol. The third-order valence-corrected chi connectivity index (χ3v) is 5.63. The molecule has 8 heteroatoms. The molecule has 0 bridgehead atoms. The van der Waals surface area contributed by atoms with Gasteiger partial charge >= 0.3 is 6.09 Å². The minimum absolute atomic E-state index is 0.0315. The number of carbonyl (C=O) groups excluding carboxylic acids is 1. The Hall–Kier alpha value is -1.70. The number of amides is 1. The predicted octanol–water partition coefficient (Wildman–Crippen LogP) is 2.75. The minimum atomic E-state index is -3.84. The lowest BCUT2D eigenvalue weighted by Gasteiger charge is -2.24. The van der Waals surface area contributed by atoms with E-state index in [0.29, 0.717) is 6.07 Å². The van der Waals surface area contributed by atoms with Crippen molar-refractivity contribution in [2.24, 2.45) is 0 Å². The quantitative estimate of drug-likeness (QED) is 0.772. The zero-order valence-corrected chi connectivity index (χ0v) is 14.0. The lowest BCUT2D eigenvalue weighted by molar-refractivity contribution is 0.0295. The highest BCUT2D eigenvalue weighted by atomic mass is 32.2. The van der Waals surface area contributed by atoms with Crippen molar-refractivity contribution in [2.45, 2.75) is 42.9 Å². The normalized spacial score (nSPS) is 19.0. The van der Waals surface area contributed by atoms with Gasteiger partial charge in [0.15, 0.2) is 21.5 Å². The number of carbonyl (C=O) groups is 1. The van der Waals surface area contributed by atoms with Crippen LogP contribution in [-0.4, -0.2) is 43.4 Å². The van der Waals surface area contributed by atoms with E-state index in [0.717, 1.165) is 12.1 Å². The molecule has 0 aliphatic carbocycles. The van der Waals surface area contributed by atoms with Gasteiger partial charge in [-0.3, -0.25) is 0 Å². The highest BCUT2D eigenvalue weighted by Crippen LogP contribution is 2.26. The van der Waals surface area contributed by atoms with E-state index < -0.39 is 38.4 Å². The Labute approximate surface area is 134 Å². The van der Waals surface area contributed by atoms with Crippen molar-refractivity contribution in [1.82, 2.24) is 4.90 Å². The van der Waals surface area contributed by atoms with E-state index in [1.165, 1.54) is 4.90 Å². The van der Waals surface area contributed by atoms with E-state index in [1.54, 1.807) is 20.8 Å². The van der Waals surface area contributed by atoms with Gasteiger partial charge in [-0.1, -0.05) is 0 Å². The summed E-state index contributed by atoms with van der Waals surface area (Å²) in [7, 11) is -3.84. The average molecular weight is 347 g/mol. The Bertz CT molecular complexity index is 713. The summed E-state index contributed by atoms with van der Waals surface area (Å²) in [5.74, 6) is -2.32. The summed E-state index contributed by atoms with van der Waals surface area (Å²) in [6, 6.07) is 2.48. The molecule has 23 heavy (non-hydrogen) atoms. The highest BCUT2D eigenvalue weighted by Gasteiger charge is 2.37. The van der Waals surface area contributed by atoms with Gasteiger partial charge in [0.25, 0.3) is 0 Å². The van der Waals surface area contributed by atoms with Gasteiger partial charge in [-0.15, -0.1) is 0 Å². The zero-order valence-electron chi connectivity index (χ0n) is 13.2. The zero-order chi connectivity index (χ0) is 17.4. The van der Waals surface area contributed by atoms with Crippen molar-refractivity contribution in [2.75, 3.05) is 13.1 Å². The standard InChI is InChI=1S/C15H19F2NO4S/c1-15(2,3)22-14(19)18-7-6-11(9-18)23(20,21)10-4-5-12(16)13(17)8-10/h4-5,8,11H,6-7,9H2,1-3H3/t11-/m1/s1. The Morgan fingerprint density at radius 2 is 1.91 bits per heavy atom. The number of likely N-dealkylation sites (tertiary alicyclic amines) is 1. The molecule has 0 N–H and O–H groups in total. The Balaban J connectivity index is 2.14. The molecule has 128 valence electrons. The van der Waals surface area contributed by atoms with E-state index in [1.807, 2.05) is 0 Å². The fourth-order valence-electron chi connectivity index (χ4n) is 2.32. The number of nitrogens with zero attached hydrogens (tertiary/aromatic N) is 1. The minimum Gasteiger partial charge on any atom is -0.444 e. The van der Waals surface area contributed by atoms with Gasteiger partial charge in [0.05, 0.1) is 10.1 Å². The molecule has 5 nitrogen and oxygen atoms in total. The first-order chi connectivity index (χ1) is 10.5. The number of hydrogen-bond acceptors (Lipinski definition) is 4. The molecule has 1 aliphatic heterocycles. The van der Waals surface area contributed by atoms with Gasteiger partial charge in [0.2, 0.25) is 0 Å². The summed E-state index contributed by atoms with van der Waals surface area (Å²) in [4.78, 5) is 13.0. The van der Waals surface area contributed by atoms with Gasteiger partial charge in [0, 0.05) is 13.1 Å². The number of sulfone groups is 1. The molecule has 1 saturated heterocycles. The fraction of sp³-hybridized carbons (Fsp3) is 0.533. The van der Waals surface area contributed by atoms with Gasteiger partial charge in [-0.25, -0.2) is 22.0 Å². The number of hydrogen-bond donors (Lipinski definition) is 0. The summed E-state index contributed by atoms with van der Waals surface area (Å²) in [6.07, 6.45) is -0.360. The highest BCUT2D eigenvalue weighted by molar-refractivity contribution is 7.92. The molecular weight excluding hydrogens is 328 g/mol. The summed E-state index contributed by atoms with van der Waals surface area (Å²) >= 11 is 0. The maximum Gasteiger partial charge on any atom is 0.410 e. The van der Waals surface area contributed by atoms with Crippen LogP contribution >= 0.6 is 0 Å². The van der Waals surface area contributed by atoms with Crippen LogP contribution in [0, 0.1) is 11.6 Å². The van der Waals surface area contributed by atoms with Gasteiger partial charge in [-0.05, 0) is 45.4 Å². The Morgan fingerprint density at radius 1 is 1.26 bits per heavy atom. The number of benzene rings is 1. The first-order valence-electron chi connectivity index (χ1n) is 7.17. The maximum atomic E-state index is 13.3. The Kier molecular flexibility index (Phi) is 4.66. The van der Waals surface area contributed by atoms with Gasteiger partial charge in [0.1, 0.15) is 5.60 Å². The van der Waals surface area contributed by atoms with Crippen LogP contribution in [0.5, 0.6) is 0 Å². The lowest BCUT2D eigenvalue weighted by Crippen LogP contribution is -2.36. The SMILES string of the molecule is CC(C)(C)OC(=O)N1CC[C@@H](S(=O)(=O)c2ccc(F)c(F)c2)C1. The van der Waals surface area contributed by atoms with Crippen molar-refractivity contribution >= 4 is 15.9 Å². The summed E-state index contributed by atoms with van der Waals surface area (Å²) in [5, 5.41) is -0.861. The molecule has 1 fully saturated rings.